The van der Waals surface area contributed by atoms with Gasteiger partial charge in [0.05, 0.1) is 0 Å². The number of nitrogens with zero attached hydrogens (tertiary/aromatic N) is 2. The van der Waals surface area contributed by atoms with Gasteiger partial charge in [0, 0.05) is 33.3 Å². The van der Waals surface area contributed by atoms with Crippen LogP contribution < -0.4 is 5.73 Å². The Kier molecular flexibility index (Phi) is 4.73. The van der Waals surface area contributed by atoms with Crippen LogP contribution in [0.4, 0.5) is 0 Å². The number of rotatable bonds is 2. The molecule has 3 nitrogen and oxygen atoms in total. The van der Waals surface area contributed by atoms with Crippen LogP contribution in [0.3, 0.4) is 0 Å². The van der Waals surface area contributed by atoms with Crippen LogP contribution in [0.2, 0.25) is 0 Å². The Hall–Kier alpha value is 0.730. The van der Waals surface area contributed by atoms with Crippen LogP contribution in [0.15, 0.2) is 4.99 Å². The molecule has 0 aromatic heterocycles. The first kappa shape index (κ1) is 12.8. The van der Waals surface area contributed by atoms with Crippen molar-refractivity contribution in [2.24, 2.45) is 10.7 Å². The fraction of sp³-hybridized carbons (Fsp3) is 0.750. The Balaban J connectivity index is 2.94. The van der Waals surface area contributed by atoms with Gasteiger partial charge < -0.3 is 5.73 Å². The van der Waals surface area contributed by atoms with Gasteiger partial charge >= 0.3 is 0 Å². The van der Waals surface area contributed by atoms with E-state index in [4.69, 9.17) is 5.73 Å². The number of hydrogen-bond donors (Lipinski definition) is 1. The van der Waals surface area contributed by atoms with Crippen molar-refractivity contribution in [3.05, 3.63) is 0 Å². The summed E-state index contributed by atoms with van der Waals surface area (Å²) in [4.78, 5) is 6.75. The van der Waals surface area contributed by atoms with Gasteiger partial charge in [0.25, 0.3) is 0 Å². The van der Waals surface area contributed by atoms with Crippen molar-refractivity contribution >= 4 is 49.0 Å². The quantitative estimate of drug-likeness (QED) is 0.475. The van der Waals surface area contributed by atoms with E-state index < -0.39 is 0 Å². The van der Waals surface area contributed by atoms with Crippen molar-refractivity contribution in [1.82, 2.24) is 4.90 Å². The zero-order chi connectivity index (χ0) is 10.9. The van der Waals surface area contributed by atoms with Gasteiger partial charge in [-0.15, -0.1) is 0 Å². The lowest BCUT2D eigenvalue weighted by Crippen LogP contribution is -2.40. The van der Waals surface area contributed by atoms with E-state index >= 15 is 0 Å². The highest BCUT2D eigenvalue weighted by atomic mass is 127. The average molecular weight is 345 g/mol. The first-order chi connectivity index (χ1) is 6.43. The smallest absolute Gasteiger partial charge is 0.171 e. The molecular formula is C8H16IN3S2. The first-order valence-corrected chi connectivity index (χ1v) is 9.62. The second kappa shape index (κ2) is 5.18. The molecule has 0 spiro atoms. The average Bonchev–Trinajstić information content (AvgIpc) is 2.29. The van der Waals surface area contributed by atoms with Gasteiger partial charge in [-0.2, -0.15) is 0 Å². The van der Waals surface area contributed by atoms with Crippen molar-refractivity contribution in [2.75, 3.05) is 0 Å². The minimum atomic E-state index is 0.0886. The molecule has 0 amide bonds. The van der Waals surface area contributed by atoms with E-state index in [1.54, 1.807) is 10.8 Å². The highest BCUT2D eigenvalue weighted by Crippen LogP contribution is 2.45. The number of hydrogen-bond acceptors (Lipinski definition) is 4. The zero-order valence-electron chi connectivity index (χ0n) is 8.82. The third-order valence-electron chi connectivity index (χ3n) is 1.84. The Morgan fingerprint density at radius 1 is 1.36 bits per heavy atom. The molecule has 1 rings (SSSR count). The summed E-state index contributed by atoms with van der Waals surface area (Å²) in [6, 6.07) is 0.954. The Morgan fingerprint density at radius 3 is 2.14 bits per heavy atom. The van der Waals surface area contributed by atoms with Crippen molar-refractivity contribution in [2.45, 2.75) is 39.8 Å². The van der Waals surface area contributed by atoms with Gasteiger partial charge in [0.15, 0.2) is 10.3 Å². The van der Waals surface area contributed by atoms with E-state index in [9.17, 15) is 0 Å². The third-order valence-corrected chi connectivity index (χ3v) is 7.04. The van der Waals surface area contributed by atoms with Gasteiger partial charge in [-0.3, -0.25) is 0 Å². The van der Waals surface area contributed by atoms with Gasteiger partial charge in [0.1, 0.15) is 0 Å². The molecule has 0 radical (unpaired) electrons. The molecule has 0 bridgehead atoms. The van der Waals surface area contributed by atoms with Crippen LogP contribution in [-0.2, 0) is 0 Å². The van der Waals surface area contributed by atoms with E-state index in [1.807, 2.05) is 0 Å². The Bertz CT molecular complexity index is 278. The highest BCUT2D eigenvalue weighted by Gasteiger charge is 2.24. The summed E-state index contributed by atoms with van der Waals surface area (Å²) < 4.78 is 0. The lowest BCUT2D eigenvalue weighted by atomic mass is 10.2. The molecule has 0 aromatic carbocycles. The Labute approximate surface area is 104 Å². The molecule has 0 fully saturated rings. The SMILES string of the molecule is CC(C)N(C1=S(I)SC(N)=N1)C(C)C. The standard InChI is InChI=1S/C8H16IN3S2/c1-5(2)12(6(3)4)8-11-7(10)13-14(8)9/h5-6H,1-4H3,(H2,10,11). The van der Waals surface area contributed by atoms with E-state index in [0.717, 1.165) is 5.11 Å². The minimum absolute atomic E-state index is 0.0886. The summed E-state index contributed by atoms with van der Waals surface area (Å²) in [6.45, 7) is 8.85. The molecule has 1 heterocycles. The fourth-order valence-corrected chi connectivity index (χ4v) is 6.39. The number of nitrogens with two attached hydrogens (primary N) is 1. The van der Waals surface area contributed by atoms with Crippen molar-refractivity contribution in [1.29, 1.82) is 0 Å². The summed E-state index contributed by atoms with van der Waals surface area (Å²) in [5.74, 6) is 0. The lowest BCUT2D eigenvalue weighted by Gasteiger charge is -2.29. The number of halogens is 1. The Morgan fingerprint density at radius 2 is 1.86 bits per heavy atom. The number of aliphatic imine (C=N–C) groups is 1. The fourth-order valence-electron chi connectivity index (χ4n) is 1.44. The van der Waals surface area contributed by atoms with E-state index in [1.165, 1.54) is 0 Å². The van der Waals surface area contributed by atoms with Crippen molar-refractivity contribution in [3.63, 3.8) is 0 Å². The van der Waals surface area contributed by atoms with Crippen LogP contribution in [-0.4, -0.2) is 27.3 Å². The summed E-state index contributed by atoms with van der Waals surface area (Å²) >= 11 is 2.41. The van der Waals surface area contributed by atoms with Crippen LogP contribution in [0.5, 0.6) is 0 Å². The monoisotopic (exact) mass is 345 g/mol. The molecule has 1 aliphatic heterocycles. The normalized spacial score (nSPS) is 22.7. The topological polar surface area (TPSA) is 41.6 Å². The maximum Gasteiger partial charge on any atom is 0.171 e. The second-order valence-corrected chi connectivity index (χ2v) is 11.0. The maximum absolute atomic E-state index is 5.72. The lowest BCUT2D eigenvalue weighted by molar-refractivity contribution is 0.294. The summed E-state index contributed by atoms with van der Waals surface area (Å²) in [5, 5.41) is 1.84. The minimum Gasteiger partial charge on any atom is -0.377 e. The van der Waals surface area contributed by atoms with Gasteiger partial charge in [-0.05, 0) is 45.2 Å². The predicted molar refractivity (Wildman–Crippen MR) is 77.9 cm³/mol. The first-order valence-electron chi connectivity index (χ1n) is 4.51. The number of amidine groups is 1. The molecule has 1 atom stereocenters. The van der Waals surface area contributed by atoms with E-state index in [0.29, 0.717) is 17.3 Å². The molecule has 1 aliphatic rings. The van der Waals surface area contributed by atoms with Crippen LogP contribution in [0.1, 0.15) is 27.7 Å². The van der Waals surface area contributed by atoms with Crippen LogP contribution in [0.25, 0.3) is 0 Å². The molecule has 1 unspecified atom stereocenters. The van der Waals surface area contributed by atoms with E-state index in [-0.39, 0.29) is 6.69 Å². The zero-order valence-corrected chi connectivity index (χ0v) is 12.6. The van der Waals surface area contributed by atoms with Gasteiger partial charge in [-0.25, -0.2) is 9.89 Å². The molecule has 14 heavy (non-hydrogen) atoms. The summed E-state index contributed by atoms with van der Waals surface area (Å²) in [6.07, 6.45) is 0. The molecule has 0 aliphatic carbocycles. The molecule has 0 saturated heterocycles. The molecule has 0 saturated carbocycles. The molecule has 82 valence electrons. The summed E-state index contributed by atoms with van der Waals surface area (Å²) in [7, 11) is 1.66. The highest BCUT2D eigenvalue weighted by molar-refractivity contribution is 14.2. The molecule has 6 heteroatoms. The predicted octanol–water partition coefficient (Wildman–Crippen LogP) is 2.79. The molecule has 2 N–H and O–H groups in total. The van der Waals surface area contributed by atoms with Crippen LogP contribution in [0, 0.1) is 0 Å². The van der Waals surface area contributed by atoms with Crippen molar-refractivity contribution < 1.29 is 0 Å². The van der Waals surface area contributed by atoms with Crippen molar-refractivity contribution in [3.8, 4) is 0 Å². The van der Waals surface area contributed by atoms with Gasteiger partial charge in [-0.1, -0.05) is 0 Å². The van der Waals surface area contributed by atoms with Crippen LogP contribution >= 0.6 is 38.7 Å². The maximum atomic E-state index is 5.72. The largest absolute Gasteiger partial charge is 0.377 e. The van der Waals surface area contributed by atoms with Gasteiger partial charge in [0.2, 0.25) is 0 Å². The van der Waals surface area contributed by atoms with E-state index in [2.05, 4.69) is 58.8 Å². The second-order valence-electron chi connectivity index (χ2n) is 3.63. The molecular weight excluding hydrogens is 329 g/mol. The molecule has 0 aromatic rings. The third kappa shape index (κ3) is 2.86. The summed E-state index contributed by atoms with van der Waals surface area (Å²) in [5.41, 5.74) is 5.72.